The highest BCUT2D eigenvalue weighted by molar-refractivity contribution is 6.31. The molecule has 4 aromatic rings. The summed E-state index contributed by atoms with van der Waals surface area (Å²) >= 11 is 6.08. The molecule has 184 valence electrons. The fraction of sp³-hybridized carbons (Fsp3) is 0.143. The van der Waals surface area contributed by atoms with E-state index >= 15 is 0 Å². The number of carbonyl (C=O) groups excluding carboxylic acids is 1. The van der Waals surface area contributed by atoms with Gasteiger partial charge >= 0.3 is 0 Å². The van der Waals surface area contributed by atoms with E-state index in [2.05, 4.69) is 10.4 Å². The van der Waals surface area contributed by atoms with Gasteiger partial charge in [0.25, 0.3) is 0 Å². The molecule has 1 heterocycles. The maximum atomic E-state index is 14.0. The first-order valence-corrected chi connectivity index (χ1v) is 11.6. The van der Waals surface area contributed by atoms with Gasteiger partial charge in [-0.3, -0.25) is 9.48 Å². The van der Waals surface area contributed by atoms with Gasteiger partial charge in [0.15, 0.2) is 0 Å². The van der Waals surface area contributed by atoms with E-state index in [4.69, 9.17) is 21.1 Å². The monoisotopic (exact) mass is 505 g/mol. The number of halogens is 2. The predicted octanol–water partition coefficient (Wildman–Crippen LogP) is 6.27. The Hall–Kier alpha value is -4.10. The standard InChI is InChI=1S/C28H25ClFN3O3/c1-19-6-10-23(11-7-19)36-18-21-14-20(8-12-27(21)35-2)9-13-28(34)32-22-15-31-33(16-22)17-24-25(29)4-3-5-26(24)30/h3-16H,17-18H2,1-2H3,(H,32,34)/b13-9+. The number of benzene rings is 3. The van der Waals surface area contributed by atoms with Gasteiger partial charge in [0.05, 0.1) is 25.5 Å². The largest absolute Gasteiger partial charge is 0.496 e. The zero-order valence-corrected chi connectivity index (χ0v) is 20.6. The second kappa shape index (κ2) is 11.6. The summed E-state index contributed by atoms with van der Waals surface area (Å²) < 4.78 is 26.9. The van der Waals surface area contributed by atoms with E-state index in [1.165, 1.54) is 23.0 Å². The molecule has 0 saturated heterocycles. The number of methoxy groups -OCH3 is 1. The van der Waals surface area contributed by atoms with Gasteiger partial charge < -0.3 is 14.8 Å². The van der Waals surface area contributed by atoms with E-state index in [1.807, 2.05) is 49.4 Å². The molecule has 0 radical (unpaired) electrons. The average molecular weight is 506 g/mol. The molecule has 8 heteroatoms. The van der Waals surface area contributed by atoms with Crippen LogP contribution in [0.4, 0.5) is 10.1 Å². The number of amides is 1. The van der Waals surface area contributed by atoms with Crippen molar-refractivity contribution in [3.8, 4) is 11.5 Å². The van der Waals surface area contributed by atoms with Crippen LogP contribution in [0.2, 0.25) is 5.02 Å². The van der Waals surface area contributed by atoms with Crippen molar-refractivity contribution in [3.05, 3.63) is 112 Å². The van der Waals surface area contributed by atoms with E-state index in [9.17, 15) is 9.18 Å². The third-order valence-electron chi connectivity index (χ3n) is 5.43. The topological polar surface area (TPSA) is 65.4 Å². The van der Waals surface area contributed by atoms with Gasteiger partial charge in [-0.2, -0.15) is 5.10 Å². The Morgan fingerprint density at radius 1 is 1.17 bits per heavy atom. The number of carbonyl (C=O) groups is 1. The minimum Gasteiger partial charge on any atom is -0.496 e. The molecule has 0 aliphatic carbocycles. The van der Waals surface area contributed by atoms with E-state index in [-0.39, 0.29) is 12.5 Å². The lowest BCUT2D eigenvalue weighted by Crippen LogP contribution is -2.07. The Kier molecular flexibility index (Phi) is 8.02. The van der Waals surface area contributed by atoms with Crippen molar-refractivity contribution in [2.24, 2.45) is 0 Å². The summed E-state index contributed by atoms with van der Waals surface area (Å²) in [6.45, 7) is 2.49. The summed E-state index contributed by atoms with van der Waals surface area (Å²) in [5.74, 6) is 0.730. The molecule has 0 bridgehead atoms. The lowest BCUT2D eigenvalue weighted by molar-refractivity contribution is -0.111. The summed E-state index contributed by atoms with van der Waals surface area (Å²) in [7, 11) is 1.61. The molecule has 6 nitrogen and oxygen atoms in total. The highest BCUT2D eigenvalue weighted by Crippen LogP contribution is 2.24. The first-order chi connectivity index (χ1) is 17.4. The van der Waals surface area contributed by atoms with Crippen LogP contribution in [0.5, 0.6) is 11.5 Å². The third kappa shape index (κ3) is 6.52. The van der Waals surface area contributed by atoms with Crippen LogP contribution in [0.3, 0.4) is 0 Å². The predicted molar refractivity (Wildman–Crippen MR) is 139 cm³/mol. The number of hydrogen-bond donors (Lipinski definition) is 1. The molecular formula is C28H25ClFN3O3. The minimum absolute atomic E-state index is 0.149. The molecule has 0 spiro atoms. The van der Waals surface area contributed by atoms with Crippen LogP contribution in [-0.2, 0) is 17.9 Å². The van der Waals surface area contributed by atoms with E-state index in [0.717, 1.165) is 22.4 Å². The van der Waals surface area contributed by atoms with Gasteiger partial charge in [-0.15, -0.1) is 0 Å². The second-order valence-electron chi connectivity index (χ2n) is 8.12. The SMILES string of the molecule is COc1ccc(/C=C/C(=O)Nc2cnn(Cc3c(F)cccc3Cl)c2)cc1COc1ccc(C)cc1. The normalized spacial score (nSPS) is 11.0. The van der Waals surface area contributed by atoms with E-state index < -0.39 is 5.82 Å². The van der Waals surface area contributed by atoms with Crippen molar-refractivity contribution >= 4 is 29.3 Å². The van der Waals surface area contributed by atoms with Gasteiger partial charge in [-0.05, 0) is 55.0 Å². The van der Waals surface area contributed by atoms with Gasteiger partial charge in [0.1, 0.15) is 23.9 Å². The quantitative estimate of drug-likeness (QED) is 0.272. The molecule has 0 aliphatic heterocycles. The maximum Gasteiger partial charge on any atom is 0.248 e. The Morgan fingerprint density at radius 2 is 1.97 bits per heavy atom. The van der Waals surface area contributed by atoms with Gasteiger partial charge in [0, 0.05) is 28.4 Å². The zero-order valence-electron chi connectivity index (χ0n) is 19.9. The number of nitrogens with zero attached hydrogens (tertiary/aromatic N) is 2. The molecule has 0 aliphatic rings. The van der Waals surface area contributed by atoms with Crippen LogP contribution in [0.15, 0.2) is 79.1 Å². The summed E-state index contributed by atoms with van der Waals surface area (Å²) in [5, 5.41) is 7.24. The molecule has 0 atom stereocenters. The summed E-state index contributed by atoms with van der Waals surface area (Å²) in [4.78, 5) is 12.4. The van der Waals surface area contributed by atoms with Crippen molar-refractivity contribution in [2.45, 2.75) is 20.1 Å². The van der Waals surface area contributed by atoms with Crippen LogP contribution in [-0.4, -0.2) is 22.8 Å². The average Bonchev–Trinajstić information content (AvgIpc) is 3.31. The first-order valence-electron chi connectivity index (χ1n) is 11.2. The number of ether oxygens (including phenoxy) is 2. The Bertz CT molecular complexity index is 1360. The van der Waals surface area contributed by atoms with Crippen molar-refractivity contribution in [2.75, 3.05) is 12.4 Å². The number of rotatable bonds is 9. The summed E-state index contributed by atoms with van der Waals surface area (Å²) in [6.07, 6.45) is 6.24. The molecule has 0 saturated carbocycles. The van der Waals surface area contributed by atoms with E-state index in [1.54, 1.807) is 31.5 Å². The molecule has 4 rings (SSSR count). The molecule has 1 amide bonds. The fourth-order valence-electron chi connectivity index (χ4n) is 3.53. The molecule has 36 heavy (non-hydrogen) atoms. The van der Waals surface area contributed by atoms with Crippen LogP contribution in [0.1, 0.15) is 22.3 Å². The smallest absolute Gasteiger partial charge is 0.248 e. The zero-order chi connectivity index (χ0) is 25.5. The number of anilines is 1. The highest BCUT2D eigenvalue weighted by atomic mass is 35.5. The number of hydrogen-bond acceptors (Lipinski definition) is 4. The molecule has 1 N–H and O–H groups in total. The Labute approximate surface area is 213 Å². The lowest BCUT2D eigenvalue weighted by atomic mass is 10.1. The lowest BCUT2D eigenvalue weighted by Gasteiger charge is -2.11. The molecule has 3 aromatic carbocycles. The van der Waals surface area contributed by atoms with Crippen LogP contribution >= 0.6 is 11.6 Å². The summed E-state index contributed by atoms with van der Waals surface area (Å²) in [6, 6.07) is 17.9. The minimum atomic E-state index is -0.408. The number of aromatic nitrogens is 2. The van der Waals surface area contributed by atoms with E-state index in [0.29, 0.717) is 28.6 Å². The summed E-state index contributed by atoms with van der Waals surface area (Å²) in [5.41, 5.74) is 3.65. The number of aryl methyl sites for hydroxylation is 1. The van der Waals surface area contributed by atoms with Crippen molar-refractivity contribution in [3.63, 3.8) is 0 Å². The van der Waals surface area contributed by atoms with Crippen LogP contribution < -0.4 is 14.8 Å². The van der Waals surface area contributed by atoms with Crippen LogP contribution in [0.25, 0.3) is 6.08 Å². The molecular weight excluding hydrogens is 481 g/mol. The van der Waals surface area contributed by atoms with Crippen molar-refractivity contribution < 1.29 is 18.7 Å². The molecule has 1 aromatic heterocycles. The Morgan fingerprint density at radius 3 is 2.72 bits per heavy atom. The third-order valence-corrected chi connectivity index (χ3v) is 5.78. The molecule has 0 unspecified atom stereocenters. The van der Waals surface area contributed by atoms with Crippen molar-refractivity contribution in [1.29, 1.82) is 0 Å². The number of nitrogens with one attached hydrogen (secondary N) is 1. The Balaban J connectivity index is 1.38. The fourth-order valence-corrected chi connectivity index (χ4v) is 3.75. The molecule has 0 fully saturated rings. The maximum absolute atomic E-state index is 14.0. The van der Waals surface area contributed by atoms with Crippen LogP contribution in [0, 0.1) is 12.7 Å². The van der Waals surface area contributed by atoms with Crippen molar-refractivity contribution in [1.82, 2.24) is 9.78 Å². The van der Waals surface area contributed by atoms with Gasteiger partial charge in [-0.25, -0.2) is 4.39 Å². The highest BCUT2D eigenvalue weighted by Gasteiger charge is 2.10. The van der Waals surface area contributed by atoms with Gasteiger partial charge in [-0.1, -0.05) is 41.4 Å². The second-order valence-corrected chi connectivity index (χ2v) is 8.53. The first kappa shape index (κ1) is 25.0. The van der Waals surface area contributed by atoms with Gasteiger partial charge in [0.2, 0.25) is 5.91 Å².